The third kappa shape index (κ3) is 5.52. The monoisotopic (exact) mass is 436 g/mol. The van der Waals surface area contributed by atoms with Gasteiger partial charge in [0.25, 0.3) is 5.91 Å². The number of rotatable bonds is 7. The zero-order chi connectivity index (χ0) is 22.6. The third-order valence-electron chi connectivity index (χ3n) is 5.22. The molecule has 0 saturated carbocycles. The van der Waals surface area contributed by atoms with E-state index in [4.69, 9.17) is 0 Å². The maximum Gasteiger partial charge on any atom is 0.255 e. The van der Waals surface area contributed by atoms with E-state index >= 15 is 0 Å². The second kappa shape index (κ2) is 9.35. The molecule has 0 aliphatic rings. The lowest BCUT2D eigenvalue weighted by Crippen LogP contribution is -2.30. The molecule has 3 rings (SSSR count). The highest BCUT2D eigenvalue weighted by Crippen LogP contribution is 2.26. The molecule has 3 aromatic carbocycles. The van der Waals surface area contributed by atoms with E-state index in [-0.39, 0.29) is 12.5 Å². The standard InChI is InChI=1S/C25H28N2O3S/c1-5-21-8-6-7-9-23(21)26-25(28)22-14-12-20(13-15-22)17-27(31(4,29)30)24-16-18(2)10-11-19(24)3/h6-16H,5,17H2,1-4H3,(H,26,28). The van der Waals surface area contributed by atoms with Crippen molar-refractivity contribution in [1.29, 1.82) is 0 Å². The molecule has 0 spiro atoms. The van der Waals surface area contributed by atoms with Crippen LogP contribution in [0.25, 0.3) is 0 Å². The number of carbonyl (C=O) groups is 1. The van der Waals surface area contributed by atoms with Crippen molar-refractivity contribution in [3.8, 4) is 0 Å². The Morgan fingerprint density at radius 2 is 1.65 bits per heavy atom. The van der Waals surface area contributed by atoms with Crippen molar-refractivity contribution in [2.45, 2.75) is 33.7 Å². The van der Waals surface area contributed by atoms with E-state index in [1.807, 2.05) is 63.2 Å². The van der Waals surface area contributed by atoms with Crippen LogP contribution in [0.3, 0.4) is 0 Å². The molecule has 3 aromatic rings. The summed E-state index contributed by atoms with van der Waals surface area (Å²) >= 11 is 0. The van der Waals surface area contributed by atoms with Gasteiger partial charge in [0.2, 0.25) is 10.0 Å². The van der Waals surface area contributed by atoms with E-state index in [9.17, 15) is 13.2 Å². The second-order valence-corrected chi connectivity index (χ2v) is 9.63. The molecular formula is C25H28N2O3S. The number of benzene rings is 3. The highest BCUT2D eigenvalue weighted by molar-refractivity contribution is 7.92. The van der Waals surface area contributed by atoms with Gasteiger partial charge in [0.1, 0.15) is 0 Å². The van der Waals surface area contributed by atoms with Crippen LogP contribution in [0.1, 0.15) is 39.5 Å². The zero-order valence-corrected chi connectivity index (χ0v) is 19.2. The Balaban J connectivity index is 1.81. The molecule has 0 aliphatic carbocycles. The molecule has 0 atom stereocenters. The van der Waals surface area contributed by atoms with E-state index in [0.29, 0.717) is 11.3 Å². The average Bonchev–Trinajstić information content (AvgIpc) is 2.74. The maximum atomic E-state index is 12.7. The van der Waals surface area contributed by atoms with Crippen molar-refractivity contribution >= 4 is 27.3 Å². The summed E-state index contributed by atoms with van der Waals surface area (Å²) in [5.74, 6) is -0.193. The van der Waals surface area contributed by atoms with Crippen LogP contribution in [0.2, 0.25) is 0 Å². The Hall–Kier alpha value is -3.12. The summed E-state index contributed by atoms with van der Waals surface area (Å²) in [5.41, 5.74) is 5.75. The first kappa shape index (κ1) is 22.6. The topological polar surface area (TPSA) is 66.5 Å². The Labute approximate surface area is 184 Å². The minimum absolute atomic E-state index is 0.193. The first-order chi connectivity index (χ1) is 14.7. The van der Waals surface area contributed by atoms with Crippen molar-refractivity contribution in [3.63, 3.8) is 0 Å². The van der Waals surface area contributed by atoms with E-state index in [1.54, 1.807) is 24.3 Å². The van der Waals surface area contributed by atoms with Gasteiger partial charge in [0.15, 0.2) is 0 Å². The number of hydrogen-bond donors (Lipinski definition) is 1. The van der Waals surface area contributed by atoms with Gasteiger partial charge in [-0.1, -0.05) is 49.4 Å². The van der Waals surface area contributed by atoms with Crippen molar-refractivity contribution in [2.75, 3.05) is 15.9 Å². The Morgan fingerprint density at radius 1 is 0.968 bits per heavy atom. The number of carbonyl (C=O) groups excluding carboxylic acids is 1. The lowest BCUT2D eigenvalue weighted by molar-refractivity contribution is 0.102. The Bertz CT molecular complexity index is 1190. The number of amides is 1. The number of para-hydroxylation sites is 1. The summed E-state index contributed by atoms with van der Waals surface area (Å²) in [4.78, 5) is 12.7. The predicted octanol–water partition coefficient (Wildman–Crippen LogP) is 5.08. The third-order valence-corrected chi connectivity index (χ3v) is 6.35. The lowest BCUT2D eigenvalue weighted by atomic mass is 10.1. The molecule has 0 radical (unpaired) electrons. The van der Waals surface area contributed by atoms with Gasteiger partial charge in [-0.05, 0) is 66.8 Å². The number of nitrogens with zero attached hydrogens (tertiary/aromatic N) is 1. The molecular weight excluding hydrogens is 408 g/mol. The van der Waals surface area contributed by atoms with Gasteiger partial charge < -0.3 is 5.32 Å². The van der Waals surface area contributed by atoms with Crippen LogP contribution in [-0.2, 0) is 23.0 Å². The molecule has 0 bridgehead atoms. The molecule has 0 unspecified atom stereocenters. The van der Waals surface area contributed by atoms with Gasteiger partial charge >= 0.3 is 0 Å². The molecule has 5 nitrogen and oxygen atoms in total. The number of nitrogens with one attached hydrogen (secondary N) is 1. The fourth-order valence-corrected chi connectivity index (χ4v) is 4.38. The van der Waals surface area contributed by atoms with Crippen LogP contribution < -0.4 is 9.62 Å². The van der Waals surface area contributed by atoms with Crippen LogP contribution in [0, 0.1) is 13.8 Å². The van der Waals surface area contributed by atoms with Crippen molar-refractivity contribution in [2.24, 2.45) is 0 Å². The van der Waals surface area contributed by atoms with Gasteiger partial charge in [-0.3, -0.25) is 9.10 Å². The summed E-state index contributed by atoms with van der Waals surface area (Å²) in [5, 5.41) is 2.96. The van der Waals surface area contributed by atoms with Gasteiger partial charge in [-0.2, -0.15) is 0 Å². The quantitative estimate of drug-likeness (QED) is 0.561. The largest absolute Gasteiger partial charge is 0.322 e. The van der Waals surface area contributed by atoms with Crippen LogP contribution >= 0.6 is 0 Å². The van der Waals surface area contributed by atoms with Gasteiger partial charge in [-0.15, -0.1) is 0 Å². The average molecular weight is 437 g/mol. The van der Waals surface area contributed by atoms with E-state index in [0.717, 1.165) is 34.4 Å². The highest BCUT2D eigenvalue weighted by Gasteiger charge is 2.20. The number of hydrogen-bond acceptors (Lipinski definition) is 3. The number of anilines is 2. The van der Waals surface area contributed by atoms with Crippen LogP contribution in [-0.4, -0.2) is 20.6 Å². The molecule has 0 aromatic heterocycles. The summed E-state index contributed by atoms with van der Waals surface area (Å²) in [6.07, 6.45) is 2.04. The van der Waals surface area contributed by atoms with Crippen molar-refractivity contribution in [1.82, 2.24) is 0 Å². The highest BCUT2D eigenvalue weighted by atomic mass is 32.2. The molecule has 1 amide bonds. The van der Waals surface area contributed by atoms with Crippen LogP contribution in [0.15, 0.2) is 66.7 Å². The molecule has 31 heavy (non-hydrogen) atoms. The molecule has 6 heteroatoms. The summed E-state index contributed by atoms with van der Waals surface area (Å²) in [6.45, 7) is 6.08. The fourth-order valence-electron chi connectivity index (χ4n) is 3.44. The molecule has 0 aliphatic heterocycles. The summed E-state index contributed by atoms with van der Waals surface area (Å²) in [7, 11) is -3.48. The molecule has 0 heterocycles. The first-order valence-corrected chi connectivity index (χ1v) is 12.1. The summed E-state index contributed by atoms with van der Waals surface area (Å²) in [6, 6.07) is 20.5. The van der Waals surface area contributed by atoms with Crippen molar-refractivity contribution < 1.29 is 13.2 Å². The SMILES string of the molecule is CCc1ccccc1NC(=O)c1ccc(CN(c2cc(C)ccc2C)S(C)(=O)=O)cc1. The zero-order valence-electron chi connectivity index (χ0n) is 18.3. The Morgan fingerprint density at radius 3 is 2.29 bits per heavy atom. The predicted molar refractivity (Wildman–Crippen MR) is 127 cm³/mol. The first-order valence-electron chi connectivity index (χ1n) is 10.2. The van der Waals surface area contributed by atoms with Gasteiger partial charge in [-0.25, -0.2) is 8.42 Å². The molecule has 0 saturated heterocycles. The minimum Gasteiger partial charge on any atom is -0.322 e. The van der Waals surface area contributed by atoms with Crippen LogP contribution in [0.5, 0.6) is 0 Å². The molecule has 0 fully saturated rings. The van der Waals surface area contributed by atoms with Crippen LogP contribution in [0.4, 0.5) is 11.4 Å². The van der Waals surface area contributed by atoms with E-state index in [1.165, 1.54) is 10.6 Å². The second-order valence-electron chi connectivity index (χ2n) is 7.72. The smallest absolute Gasteiger partial charge is 0.255 e. The van der Waals surface area contributed by atoms with Gasteiger partial charge in [0.05, 0.1) is 18.5 Å². The minimum atomic E-state index is -3.48. The Kier molecular flexibility index (Phi) is 6.81. The fraction of sp³-hybridized carbons (Fsp3) is 0.240. The normalized spacial score (nSPS) is 11.2. The van der Waals surface area contributed by atoms with Crippen molar-refractivity contribution in [3.05, 3.63) is 94.5 Å². The van der Waals surface area contributed by atoms with Gasteiger partial charge in [0, 0.05) is 11.3 Å². The molecule has 162 valence electrons. The van der Waals surface area contributed by atoms with E-state index in [2.05, 4.69) is 5.32 Å². The lowest BCUT2D eigenvalue weighted by Gasteiger charge is -2.25. The maximum absolute atomic E-state index is 12.7. The molecule has 1 N–H and O–H groups in total. The number of sulfonamides is 1. The van der Waals surface area contributed by atoms with E-state index < -0.39 is 10.0 Å². The number of aryl methyl sites for hydroxylation is 3. The summed E-state index contributed by atoms with van der Waals surface area (Å²) < 4.78 is 26.4.